The van der Waals surface area contributed by atoms with Crippen LogP contribution >= 0.6 is 0 Å². The number of nitrogens with one attached hydrogen (secondary N) is 1. The van der Waals surface area contributed by atoms with E-state index in [1.54, 1.807) is 16.9 Å². The number of alkyl halides is 3. The van der Waals surface area contributed by atoms with E-state index in [2.05, 4.69) is 20.4 Å². The Labute approximate surface area is 215 Å². The van der Waals surface area contributed by atoms with Crippen LogP contribution < -0.4 is 5.32 Å². The number of azide groups is 1. The molecule has 38 heavy (non-hydrogen) atoms. The molecule has 9 nitrogen and oxygen atoms in total. The van der Waals surface area contributed by atoms with Gasteiger partial charge in [-0.2, -0.15) is 18.3 Å². The summed E-state index contributed by atoms with van der Waals surface area (Å²) in [5.74, 6) is -0.980. The molecule has 196 valence electrons. The van der Waals surface area contributed by atoms with Crippen molar-refractivity contribution in [3.05, 3.63) is 69.9 Å². The third-order valence-electron chi connectivity index (χ3n) is 8.25. The highest BCUT2D eigenvalue weighted by Crippen LogP contribution is 2.59. The monoisotopic (exact) mass is 523 g/mol. The normalized spacial score (nSPS) is 19.2. The average Bonchev–Trinajstić information content (AvgIpc) is 3.50. The number of hydrogen-bond acceptors (Lipinski definition) is 4. The molecule has 3 aliphatic rings. The zero-order valence-electron chi connectivity index (χ0n) is 20.3. The minimum Gasteiger partial charge on any atom is -0.342 e. The van der Waals surface area contributed by atoms with E-state index in [1.807, 2.05) is 30.5 Å². The van der Waals surface area contributed by atoms with Gasteiger partial charge in [-0.3, -0.25) is 14.3 Å². The Morgan fingerprint density at radius 3 is 2.61 bits per heavy atom. The molecular weight excluding hydrogens is 499 g/mol. The molecule has 2 fully saturated rings. The van der Waals surface area contributed by atoms with E-state index >= 15 is 0 Å². The topological polar surface area (TPSA) is 116 Å². The molecule has 1 saturated heterocycles. The first-order valence-corrected chi connectivity index (χ1v) is 12.4. The van der Waals surface area contributed by atoms with E-state index in [9.17, 15) is 22.8 Å². The number of rotatable bonds is 6. The van der Waals surface area contributed by atoms with Gasteiger partial charge in [-0.1, -0.05) is 23.3 Å². The van der Waals surface area contributed by atoms with Crippen molar-refractivity contribution in [2.24, 2.45) is 10.5 Å². The number of aromatic nitrogens is 2. The van der Waals surface area contributed by atoms with Crippen molar-refractivity contribution in [3.8, 4) is 0 Å². The number of halogens is 3. The number of anilines is 1. The summed E-state index contributed by atoms with van der Waals surface area (Å²) in [4.78, 5) is 29.2. The third-order valence-corrected chi connectivity index (χ3v) is 8.25. The first-order valence-electron chi connectivity index (χ1n) is 12.4. The average molecular weight is 524 g/mol. The van der Waals surface area contributed by atoms with Gasteiger partial charge in [0.15, 0.2) is 0 Å². The van der Waals surface area contributed by atoms with E-state index in [-0.39, 0.29) is 38.4 Å². The van der Waals surface area contributed by atoms with E-state index in [1.165, 1.54) is 4.90 Å². The van der Waals surface area contributed by atoms with Gasteiger partial charge in [0.1, 0.15) is 5.41 Å². The number of piperidine rings is 1. The van der Waals surface area contributed by atoms with E-state index < -0.39 is 23.0 Å². The van der Waals surface area contributed by atoms with Gasteiger partial charge in [0.2, 0.25) is 5.91 Å². The van der Waals surface area contributed by atoms with Crippen LogP contribution in [0.4, 0.5) is 18.9 Å². The molecule has 0 bridgehead atoms. The van der Waals surface area contributed by atoms with Gasteiger partial charge in [-0.25, -0.2) is 0 Å². The van der Waals surface area contributed by atoms with Crippen molar-refractivity contribution in [1.29, 1.82) is 0 Å². The smallest absolute Gasteiger partial charge is 0.342 e. The number of nitrogens with zero attached hydrogens (tertiary/aromatic N) is 6. The molecule has 1 saturated carbocycles. The minimum absolute atomic E-state index is 0.0752. The van der Waals surface area contributed by atoms with Crippen LogP contribution in [0.15, 0.2) is 47.8 Å². The fraction of sp³-hybridized carbons (Fsp3) is 0.423. The Bertz CT molecular complexity index is 1510. The molecule has 0 atom stereocenters. The van der Waals surface area contributed by atoms with Crippen molar-refractivity contribution >= 4 is 28.3 Å². The Morgan fingerprint density at radius 2 is 1.92 bits per heavy atom. The molecule has 2 amide bonds. The number of carbonyl (C=O) groups is 2. The first kappa shape index (κ1) is 24.3. The minimum atomic E-state index is -4.55. The summed E-state index contributed by atoms with van der Waals surface area (Å²) in [6, 6.07) is 9.49. The van der Waals surface area contributed by atoms with Crippen LogP contribution in [0.3, 0.4) is 0 Å². The van der Waals surface area contributed by atoms with Gasteiger partial charge in [0.25, 0.3) is 5.91 Å². The lowest BCUT2D eigenvalue weighted by atomic mass is 9.86. The molecule has 0 unspecified atom stereocenters. The SMILES string of the molecule is [N-]=[N+]=NCC1(n2cc(Cc3ccc4c5c(cccc35)C(=O)N4)cn2)CCN(C(=O)C2(C(F)(F)F)CC2)CC1. The van der Waals surface area contributed by atoms with E-state index in [0.717, 1.165) is 27.6 Å². The Kier molecular flexibility index (Phi) is 5.43. The van der Waals surface area contributed by atoms with Crippen LogP contribution in [-0.2, 0) is 16.8 Å². The van der Waals surface area contributed by atoms with Gasteiger partial charge < -0.3 is 10.2 Å². The van der Waals surface area contributed by atoms with Gasteiger partial charge in [-0.05, 0) is 59.9 Å². The van der Waals surface area contributed by atoms with Crippen molar-refractivity contribution in [3.63, 3.8) is 0 Å². The molecule has 1 N–H and O–H groups in total. The Balaban J connectivity index is 1.24. The lowest BCUT2D eigenvalue weighted by Crippen LogP contribution is -2.53. The number of amides is 2. The lowest BCUT2D eigenvalue weighted by Gasteiger charge is -2.42. The van der Waals surface area contributed by atoms with Crippen LogP contribution in [-0.4, -0.2) is 52.3 Å². The van der Waals surface area contributed by atoms with E-state index in [0.29, 0.717) is 24.8 Å². The fourth-order valence-corrected chi connectivity index (χ4v) is 5.83. The Morgan fingerprint density at radius 1 is 1.16 bits per heavy atom. The Hall–Kier alpha value is -4.05. The van der Waals surface area contributed by atoms with Crippen LogP contribution in [0.1, 0.15) is 47.2 Å². The second-order valence-corrected chi connectivity index (χ2v) is 10.4. The highest BCUT2D eigenvalue weighted by molar-refractivity contribution is 6.24. The second kappa shape index (κ2) is 8.49. The zero-order chi connectivity index (χ0) is 26.7. The molecule has 0 spiro atoms. The third kappa shape index (κ3) is 3.70. The van der Waals surface area contributed by atoms with Gasteiger partial charge in [0.05, 0.1) is 18.3 Å². The largest absolute Gasteiger partial charge is 0.403 e. The molecule has 0 radical (unpaired) electrons. The maximum atomic E-state index is 13.5. The predicted octanol–water partition coefficient (Wildman–Crippen LogP) is 5.16. The van der Waals surface area contributed by atoms with Crippen LogP contribution in [0, 0.1) is 5.41 Å². The second-order valence-electron chi connectivity index (χ2n) is 10.4. The van der Waals surface area contributed by atoms with Crippen LogP contribution in [0.25, 0.3) is 21.2 Å². The standard InChI is InChI=1S/C26H24F3N7O2/c27-26(28,29)25(6-7-25)23(38)35-10-8-24(9-11-35,15-31-34-30)36-14-16(13-32-36)12-17-4-5-20-21-18(17)2-1-3-19(21)22(37)33-20/h1-5,13-14H,6-12,15H2,(H,33,37). The molecule has 2 aromatic carbocycles. The molecule has 1 aliphatic carbocycles. The van der Waals surface area contributed by atoms with Crippen molar-refractivity contribution in [2.75, 3.05) is 25.0 Å². The number of likely N-dealkylation sites (tertiary alicyclic amines) is 1. The quantitative estimate of drug-likeness (QED) is 0.273. The fourth-order valence-electron chi connectivity index (χ4n) is 5.83. The summed E-state index contributed by atoms with van der Waals surface area (Å²) in [5, 5.41) is 13.1. The molecule has 3 heterocycles. The molecule has 12 heteroatoms. The highest BCUT2D eigenvalue weighted by Gasteiger charge is 2.69. The summed E-state index contributed by atoms with van der Waals surface area (Å²) in [6.45, 7) is 0.331. The van der Waals surface area contributed by atoms with Crippen molar-refractivity contribution in [2.45, 2.75) is 43.8 Å². The lowest BCUT2D eigenvalue weighted by molar-refractivity contribution is -0.199. The summed E-state index contributed by atoms with van der Waals surface area (Å²) >= 11 is 0. The first-order chi connectivity index (χ1) is 18.2. The highest BCUT2D eigenvalue weighted by atomic mass is 19.4. The van der Waals surface area contributed by atoms with Gasteiger partial charge in [0, 0.05) is 47.3 Å². The van der Waals surface area contributed by atoms with Crippen molar-refractivity contribution < 1.29 is 22.8 Å². The van der Waals surface area contributed by atoms with E-state index in [4.69, 9.17) is 5.53 Å². The summed E-state index contributed by atoms with van der Waals surface area (Å²) in [5.41, 5.74) is 9.35. The van der Waals surface area contributed by atoms with Gasteiger partial charge in [-0.15, -0.1) is 0 Å². The number of benzene rings is 2. The molecule has 2 aliphatic heterocycles. The molecule has 1 aromatic heterocycles. The summed E-state index contributed by atoms with van der Waals surface area (Å²) < 4.78 is 42.2. The maximum Gasteiger partial charge on any atom is 0.403 e. The molecule has 6 rings (SSSR count). The molecule has 3 aromatic rings. The summed E-state index contributed by atoms with van der Waals surface area (Å²) in [7, 11) is 0. The number of carbonyl (C=O) groups excluding carboxylic acids is 2. The van der Waals surface area contributed by atoms with Crippen molar-refractivity contribution in [1.82, 2.24) is 14.7 Å². The van der Waals surface area contributed by atoms with Gasteiger partial charge >= 0.3 is 6.18 Å². The zero-order valence-corrected chi connectivity index (χ0v) is 20.3. The predicted molar refractivity (Wildman–Crippen MR) is 132 cm³/mol. The maximum absolute atomic E-state index is 13.5. The molecular formula is C26H24F3N7O2. The number of hydrogen-bond donors (Lipinski definition) is 1. The van der Waals surface area contributed by atoms with Crippen LogP contribution in [0.5, 0.6) is 0 Å². The summed E-state index contributed by atoms with van der Waals surface area (Å²) in [6.07, 6.45) is -0.0976. The van der Waals surface area contributed by atoms with Crippen LogP contribution in [0.2, 0.25) is 0 Å².